The van der Waals surface area contributed by atoms with Crippen molar-refractivity contribution in [2.45, 2.75) is 58.0 Å². The van der Waals surface area contributed by atoms with E-state index in [2.05, 4.69) is 45.8 Å². The molecule has 10 heteroatoms. The highest BCUT2D eigenvalue weighted by atomic mass is 35.5. The van der Waals surface area contributed by atoms with Crippen LogP contribution in [0, 0.1) is 0 Å². The summed E-state index contributed by atoms with van der Waals surface area (Å²) in [6.45, 7) is 10.6. The van der Waals surface area contributed by atoms with Crippen molar-refractivity contribution in [3.05, 3.63) is 27.7 Å². The zero-order valence-corrected chi connectivity index (χ0v) is 18.9. The number of hydrogen-bond donors (Lipinski definition) is 1. The highest BCUT2D eigenvalue weighted by Gasteiger charge is 2.32. The Balaban J connectivity index is 0.00000140. The second kappa shape index (κ2) is 9.07. The lowest BCUT2D eigenvalue weighted by atomic mass is 9.90. The molecule has 0 radical (unpaired) electrons. The van der Waals surface area contributed by atoms with E-state index in [0.717, 1.165) is 67.8 Å². The van der Waals surface area contributed by atoms with Crippen LogP contribution in [0.2, 0.25) is 0 Å². The van der Waals surface area contributed by atoms with Crippen LogP contribution in [0.25, 0.3) is 0 Å². The van der Waals surface area contributed by atoms with Gasteiger partial charge in [-0.1, -0.05) is 20.8 Å². The Hall–Kier alpha value is -1.22. The maximum Gasteiger partial charge on any atom is 0.265 e. The number of amides is 1. The van der Waals surface area contributed by atoms with E-state index < -0.39 is 0 Å². The number of carbonyl (C=O) groups is 1. The first-order valence-corrected chi connectivity index (χ1v) is 10.2. The number of aromatic nitrogens is 4. The maximum absolute atomic E-state index is 13.0. The fraction of sp³-hybridized carbons (Fsp3) is 0.667. The third kappa shape index (κ3) is 4.35. The van der Waals surface area contributed by atoms with Gasteiger partial charge in [-0.3, -0.25) is 4.79 Å². The van der Waals surface area contributed by atoms with Crippen molar-refractivity contribution in [3.8, 4) is 0 Å². The van der Waals surface area contributed by atoms with Gasteiger partial charge in [-0.05, 0) is 12.8 Å². The number of halogens is 2. The molecule has 1 saturated heterocycles. The van der Waals surface area contributed by atoms with Gasteiger partial charge in [-0.2, -0.15) is 0 Å². The van der Waals surface area contributed by atoms with E-state index in [9.17, 15) is 4.79 Å². The van der Waals surface area contributed by atoms with Gasteiger partial charge in [-0.25, -0.2) is 4.98 Å². The fourth-order valence-electron chi connectivity index (χ4n) is 3.83. The van der Waals surface area contributed by atoms with Gasteiger partial charge in [0.05, 0.1) is 17.7 Å². The average Bonchev–Trinajstić information content (AvgIpc) is 3.28. The molecular weight excluding hydrogens is 419 g/mol. The lowest BCUT2D eigenvalue weighted by Crippen LogP contribution is -2.39. The fourth-order valence-corrected chi connectivity index (χ4v) is 4.80. The van der Waals surface area contributed by atoms with Crippen LogP contribution < -0.4 is 5.32 Å². The predicted octanol–water partition coefficient (Wildman–Crippen LogP) is 3.00. The second-order valence-electron chi connectivity index (χ2n) is 8.15. The molecule has 0 unspecified atom stereocenters. The van der Waals surface area contributed by atoms with Gasteiger partial charge in [0.1, 0.15) is 16.5 Å². The number of nitrogens with zero attached hydrogens (tertiary/aromatic N) is 5. The molecule has 2 aromatic heterocycles. The van der Waals surface area contributed by atoms with E-state index in [4.69, 9.17) is 0 Å². The number of thiazole rings is 1. The van der Waals surface area contributed by atoms with Gasteiger partial charge in [0.15, 0.2) is 0 Å². The summed E-state index contributed by atoms with van der Waals surface area (Å²) in [7, 11) is 0. The summed E-state index contributed by atoms with van der Waals surface area (Å²) >= 11 is 1.46. The molecule has 0 aliphatic carbocycles. The molecule has 2 aliphatic rings. The molecule has 2 aromatic rings. The molecule has 4 rings (SSSR count). The van der Waals surface area contributed by atoms with Crippen molar-refractivity contribution in [3.63, 3.8) is 0 Å². The lowest BCUT2D eigenvalue weighted by Gasteiger charge is -2.32. The Morgan fingerprint density at radius 3 is 2.57 bits per heavy atom. The summed E-state index contributed by atoms with van der Waals surface area (Å²) < 4.78 is 2.26. The van der Waals surface area contributed by atoms with Crippen LogP contribution in [0.5, 0.6) is 0 Å². The van der Waals surface area contributed by atoms with Gasteiger partial charge >= 0.3 is 0 Å². The zero-order valence-electron chi connectivity index (χ0n) is 16.5. The molecule has 28 heavy (non-hydrogen) atoms. The minimum atomic E-state index is -0.113. The first-order chi connectivity index (χ1) is 12.4. The summed E-state index contributed by atoms with van der Waals surface area (Å²) in [6, 6.07) is 0. The molecule has 1 N–H and O–H groups in total. The number of piperidine rings is 1. The monoisotopic (exact) mass is 446 g/mol. The predicted molar refractivity (Wildman–Crippen MR) is 115 cm³/mol. The second-order valence-corrected chi connectivity index (χ2v) is 9.00. The summed E-state index contributed by atoms with van der Waals surface area (Å²) in [4.78, 5) is 20.2. The molecular formula is C18H28Cl2N6OS. The zero-order chi connectivity index (χ0) is 18.3. The van der Waals surface area contributed by atoms with Gasteiger partial charge in [0, 0.05) is 37.5 Å². The van der Waals surface area contributed by atoms with E-state index in [-0.39, 0.29) is 36.1 Å². The van der Waals surface area contributed by atoms with Crippen molar-refractivity contribution in [2.75, 3.05) is 19.6 Å². The van der Waals surface area contributed by atoms with Gasteiger partial charge in [0.25, 0.3) is 5.91 Å². The molecule has 2 aliphatic heterocycles. The van der Waals surface area contributed by atoms with Gasteiger partial charge in [0.2, 0.25) is 0 Å². The van der Waals surface area contributed by atoms with Crippen LogP contribution >= 0.6 is 36.2 Å². The molecule has 4 heterocycles. The minimum absolute atomic E-state index is 0. The standard InChI is InChI=1S/C18H26N6OS.2ClH/c1-18(2,3)15-14(26-11-20-15)17(25)23-7-4-12(5-8-23)16-22-21-13-10-19-6-9-24(13)16;;/h11-12,19H,4-10H2,1-3H3;2*1H. The van der Waals surface area contributed by atoms with Crippen LogP contribution in [-0.4, -0.2) is 50.2 Å². The van der Waals surface area contributed by atoms with Crippen molar-refractivity contribution >= 4 is 42.1 Å². The molecule has 0 bridgehead atoms. The summed E-state index contributed by atoms with van der Waals surface area (Å²) in [5.74, 6) is 2.65. The first kappa shape index (κ1) is 23.1. The first-order valence-electron chi connectivity index (χ1n) is 9.31. The summed E-state index contributed by atoms with van der Waals surface area (Å²) in [5.41, 5.74) is 2.59. The van der Waals surface area contributed by atoms with Crippen LogP contribution in [0.15, 0.2) is 5.51 Å². The molecule has 0 saturated carbocycles. The molecule has 1 fully saturated rings. The number of rotatable bonds is 2. The van der Waals surface area contributed by atoms with Crippen molar-refractivity contribution in [1.82, 2.24) is 30.0 Å². The largest absolute Gasteiger partial charge is 0.338 e. The Kier molecular flexibility index (Phi) is 7.47. The van der Waals surface area contributed by atoms with Crippen molar-refractivity contribution in [2.24, 2.45) is 0 Å². The van der Waals surface area contributed by atoms with Gasteiger partial charge < -0.3 is 14.8 Å². The summed E-state index contributed by atoms with van der Waals surface area (Å²) in [6.07, 6.45) is 1.89. The normalized spacial score (nSPS) is 17.5. The third-order valence-electron chi connectivity index (χ3n) is 5.27. The highest BCUT2D eigenvalue weighted by Crippen LogP contribution is 2.32. The van der Waals surface area contributed by atoms with E-state index in [0.29, 0.717) is 5.92 Å². The Bertz CT molecular complexity index is 807. The van der Waals surface area contributed by atoms with Crippen LogP contribution in [0.1, 0.15) is 66.5 Å². The molecule has 156 valence electrons. The van der Waals surface area contributed by atoms with Gasteiger partial charge in [-0.15, -0.1) is 46.3 Å². The average molecular weight is 447 g/mol. The SMILES string of the molecule is CC(C)(C)c1ncsc1C(=O)N1CCC(c2nnc3n2CCNC3)CC1.Cl.Cl. The maximum atomic E-state index is 13.0. The summed E-state index contributed by atoms with van der Waals surface area (Å²) in [5, 5.41) is 12.1. The van der Waals surface area contributed by atoms with E-state index in [1.54, 1.807) is 5.51 Å². The lowest BCUT2D eigenvalue weighted by molar-refractivity contribution is 0.0712. The molecule has 7 nitrogen and oxygen atoms in total. The molecule has 0 spiro atoms. The molecule has 1 amide bonds. The smallest absolute Gasteiger partial charge is 0.265 e. The number of likely N-dealkylation sites (tertiary alicyclic amines) is 1. The van der Waals surface area contributed by atoms with Crippen LogP contribution in [0.4, 0.5) is 0 Å². The van der Waals surface area contributed by atoms with Crippen LogP contribution in [0.3, 0.4) is 0 Å². The van der Waals surface area contributed by atoms with Crippen molar-refractivity contribution < 1.29 is 4.79 Å². The highest BCUT2D eigenvalue weighted by molar-refractivity contribution is 7.11. The van der Waals surface area contributed by atoms with Crippen LogP contribution in [-0.2, 0) is 18.5 Å². The minimum Gasteiger partial charge on any atom is -0.338 e. The number of fused-ring (bicyclic) bond motifs is 1. The molecule has 0 atom stereocenters. The number of hydrogen-bond acceptors (Lipinski definition) is 6. The van der Waals surface area contributed by atoms with E-state index >= 15 is 0 Å². The third-order valence-corrected chi connectivity index (χ3v) is 6.09. The number of nitrogens with one attached hydrogen (secondary N) is 1. The quantitative estimate of drug-likeness (QED) is 0.766. The Morgan fingerprint density at radius 1 is 1.18 bits per heavy atom. The molecule has 0 aromatic carbocycles. The van der Waals surface area contributed by atoms with Crippen molar-refractivity contribution in [1.29, 1.82) is 0 Å². The van der Waals surface area contributed by atoms with E-state index in [1.807, 2.05) is 4.90 Å². The topological polar surface area (TPSA) is 75.9 Å². The number of carbonyl (C=O) groups excluding carboxylic acids is 1. The van der Waals surface area contributed by atoms with E-state index in [1.165, 1.54) is 11.3 Å². The Labute approximate surface area is 182 Å². The Morgan fingerprint density at radius 2 is 1.89 bits per heavy atom.